The summed E-state index contributed by atoms with van der Waals surface area (Å²) in [5.74, 6) is -1.85. The summed E-state index contributed by atoms with van der Waals surface area (Å²) in [6, 6.07) is 2.99. The SMILES string of the molecule is Cc1cncc(C(=O)N[C@@H]2CCC[C@]3(CCN(c4cc(F)cc(F)c4)C3=O)C2)n1. The molecule has 1 saturated carbocycles. The number of aryl methyl sites for hydroxylation is 1. The Balaban J connectivity index is 1.49. The lowest BCUT2D eigenvalue weighted by atomic mass is 9.71. The van der Waals surface area contributed by atoms with Gasteiger partial charge in [-0.05, 0) is 44.7 Å². The molecule has 1 saturated heterocycles. The lowest BCUT2D eigenvalue weighted by Crippen LogP contribution is -2.46. The summed E-state index contributed by atoms with van der Waals surface area (Å²) >= 11 is 0. The molecule has 29 heavy (non-hydrogen) atoms. The average Bonchev–Trinajstić information content (AvgIpc) is 2.97. The zero-order valence-electron chi connectivity index (χ0n) is 16.1. The maximum absolute atomic E-state index is 13.6. The van der Waals surface area contributed by atoms with E-state index < -0.39 is 17.0 Å². The van der Waals surface area contributed by atoms with Gasteiger partial charge in [-0.2, -0.15) is 0 Å². The minimum absolute atomic E-state index is 0.128. The molecule has 1 spiro atoms. The van der Waals surface area contributed by atoms with Crippen LogP contribution in [0.3, 0.4) is 0 Å². The predicted octanol–water partition coefficient (Wildman–Crippen LogP) is 3.16. The molecule has 152 valence electrons. The third kappa shape index (κ3) is 3.83. The van der Waals surface area contributed by atoms with Crippen molar-refractivity contribution in [2.75, 3.05) is 11.4 Å². The molecule has 1 N–H and O–H groups in total. The van der Waals surface area contributed by atoms with Crippen LogP contribution in [-0.4, -0.2) is 34.4 Å². The van der Waals surface area contributed by atoms with E-state index >= 15 is 0 Å². The molecule has 0 bridgehead atoms. The van der Waals surface area contributed by atoms with Crippen molar-refractivity contribution in [3.63, 3.8) is 0 Å². The lowest BCUT2D eigenvalue weighted by Gasteiger charge is -2.36. The molecule has 0 radical (unpaired) electrons. The van der Waals surface area contributed by atoms with Crippen LogP contribution >= 0.6 is 0 Å². The monoisotopic (exact) mass is 400 g/mol. The topological polar surface area (TPSA) is 75.2 Å². The minimum atomic E-state index is -0.707. The van der Waals surface area contributed by atoms with Crippen LogP contribution in [0.25, 0.3) is 0 Å². The fraction of sp³-hybridized carbons (Fsp3) is 0.429. The highest BCUT2D eigenvalue weighted by molar-refractivity contribution is 6.00. The molecule has 1 aliphatic heterocycles. The van der Waals surface area contributed by atoms with E-state index in [-0.39, 0.29) is 29.2 Å². The van der Waals surface area contributed by atoms with Gasteiger partial charge in [-0.15, -0.1) is 0 Å². The summed E-state index contributed by atoms with van der Waals surface area (Å²) in [6.45, 7) is 2.17. The van der Waals surface area contributed by atoms with E-state index in [1.807, 2.05) is 0 Å². The minimum Gasteiger partial charge on any atom is -0.348 e. The summed E-state index contributed by atoms with van der Waals surface area (Å²) in [4.78, 5) is 35.4. The number of aromatic nitrogens is 2. The number of rotatable bonds is 3. The van der Waals surface area contributed by atoms with Crippen molar-refractivity contribution in [1.29, 1.82) is 0 Å². The van der Waals surface area contributed by atoms with Gasteiger partial charge in [0.05, 0.1) is 17.3 Å². The number of carbonyl (C=O) groups excluding carboxylic acids is 2. The first-order valence-electron chi connectivity index (χ1n) is 9.74. The standard InChI is InChI=1S/C21H22F2N4O2/c1-13-11-24-12-18(25-13)19(28)26-16-3-2-4-21(10-16)5-6-27(20(21)29)17-8-14(22)7-15(23)9-17/h7-9,11-12,16H,2-6,10H2,1H3,(H,26,28)/t16-,21+/m1/s1. The van der Waals surface area contributed by atoms with Gasteiger partial charge in [-0.25, -0.2) is 13.8 Å². The van der Waals surface area contributed by atoms with E-state index in [9.17, 15) is 18.4 Å². The molecule has 1 aromatic heterocycles. The fourth-order valence-electron chi connectivity index (χ4n) is 4.50. The number of benzene rings is 1. The van der Waals surface area contributed by atoms with Gasteiger partial charge in [-0.3, -0.25) is 14.6 Å². The van der Waals surface area contributed by atoms with Crippen LogP contribution in [-0.2, 0) is 4.79 Å². The Morgan fingerprint density at radius 1 is 1.21 bits per heavy atom. The van der Waals surface area contributed by atoms with Crippen molar-refractivity contribution in [1.82, 2.24) is 15.3 Å². The van der Waals surface area contributed by atoms with Gasteiger partial charge in [0.1, 0.15) is 17.3 Å². The van der Waals surface area contributed by atoms with Gasteiger partial charge >= 0.3 is 0 Å². The van der Waals surface area contributed by atoms with Crippen molar-refractivity contribution in [2.45, 2.75) is 45.1 Å². The van der Waals surface area contributed by atoms with Crippen molar-refractivity contribution >= 4 is 17.5 Å². The number of anilines is 1. The van der Waals surface area contributed by atoms with Crippen LogP contribution in [0.15, 0.2) is 30.6 Å². The summed E-state index contributed by atoms with van der Waals surface area (Å²) in [7, 11) is 0. The van der Waals surface area contributed by atoms with E-state index in [0.29, 0.717) is 31.5 Å². The first-order valence-corrected chi connectivity index (χ1v) is 9.74. The molecule has 2 aliphatic rings. The Hall–Kier alpha value is -2.90. The van der Waals surface area contributed by atoms with E-state index in [4.69, 9.17) is 0 Å². The second-order valence-corrected chi connectivity index (χ2v) is 7.93. The van der Waals surface area contributed by atoms with Crippen molar-refractivity contribution in [2.24, 2.45) is 5.41 Å². The van der Waals surface area contributed by atoms with Crippen LogP contribution in [0, 0.1) is 24.0 Å². The molecule has 2 amide bonds. The molecule has 8 heteroatoms. The van der Waals surface area contributed by atoms with Crippen LogP contribution in [0.1, 0.15) is 48.3 Å². The lowest BCUT2D eigenvalue weighted by molar-refractivity contribution is -0.127. The highest BCUT2D eigenvalue weighted by Crippen LogP contribution is 2.46. The Bertz CT molecular complexity index is 947. The van der Waals surface area contributed by atoms with Crippen LogP contribution in [0.2, 0.25) is 0 Å². The van der Waals surface area contributed by atoms with E-state index in [1.165, 1.54) is 23.2 Å². The number of amides is 2. The maximum Gasteiger partial charge on any atom is 0.271 e. The third-order valence-corrected chi connectivity index (χ3v) is 5.84. The third-order valence-electron chi connectivity index (χ3n) is 5.84. The quantitative estimate of drug-likeness (QED) is 0.859. The molecule has 0 unspecified atom stereocenters. The molecule has 2 atom stereocenters. The number of nitrogens with one attached hydrogen (secondary N) is 1. The van der Waals surface area contributed by atoms with E-state index in [1.54, 1.807) is 13.1 Å². The van der Waals surface area contributed by atoms with Gasteiger partial charge in [0.25, 0.3) is 5.91 Å². The number of carbonyl (C=O) groups is 2. The molecule has 1 aromatic carbocycles. The largest absolute Gasteiger partial charge is 0.348 e. The van der Waals surface area contributed by atoms with Crippen LogP contribution in [0.4, 0.5) is 14.5 Å². The summed E-state index contributed by atoms with van der Waals surface area (Å²) in [5, 5.41) is 2.97. The Kier molecular flexibility index (Phi) is 5.02. The smallest absolute Gasteiger partial charge is 0.271 e. The van der Waals surface area contributed by atoms with Crippen molar-refractivity contribution in [3.8, 4) is 0 Å². The molecule has 2 aromatic rings. The second kappa shape index (κ2) is 7.50. The van der Waals surface area contributed by atoms with Crippen molar-refractivity contribution < 1.29 is 18.4 Å². The summed E-state index contributed by atoms with van der Waals surface area (Å²) in [5.41, 5.74) is 0.531. The van der Waals surface area contributed by atoms with Gasteiger partial charge < -0.3 is 10.2 Å². The number of halogens is 2. The van der Waals surface area contributed by atoms with Gasteiger partial charge in [0, 0.05) is 30.5 Å². The number of nitrogens with zero attached hydrogens (tertiary/aromatic N) is 3. The Morgan fingerprint density at radius 3 is 2.69 bits per heavy atom. The van der Waals surface area contributed by atoms with Gasteiger partial charge in [-0.1, -0.05) is 6.42 Å². The van der Waals surface area contributed by atoms with Crippen molar-refractivity contribution in [3.05, 3.63) is 53.6 Å². The van der Waals surface area contributed by atoms with E-state index in [0.717, 1.165) is 18.9 Å². The molecule has 6 nitrogen and oxygen atoms in total. The molecular weight excluding hydrogens is 378 g/mol. The van der Waals surface area contributed by atoms with Gasteiger partial charge in [0.15, 0.2) is 0 Å². The molecular formula is C21H22F2N4O2. The molecule has 4 rings (SSSR count). The average molecular weight is 400 g/mol. The van der Waals surface area contributed by atoms with Gasteiger partial charge in [0.2, 0.25) is 5.91 Å². The van der Waals surface area contributed by atoms with Crippen LogP contribution in [0.5, 0.6) is 0 Å². The highest BCUT2D eigenvalue weighted by atomic mass is 19.1. The highest BCUT2D eigenvalue weighted by Gasteiger charge is 2.49. The zero-order chi connectivity index (χ0) is 20.6. The normalized spacial score (nSPS) is 24.2. The maximum atomic E-state index is 13.6. The first kappa shape index (κ1) is 19.4. The molecule has 2 heterocycles. The second-order valence-electron chi connectivity index (χ2n) is 7.93. The van der Waals surface area contributed by atoms with E-state index in [2.05, 4.69) is 15.3 Å². The first-order chi connectivity index (χ1) is 13.9. The molecule has 2 fully saturated rings. The molecule has 1 aliphatic carbocycles. The summed E-state index contributed by atoms with van der Waals surface area (Å²) < 4.78 is 27.2. The van der Waals surface area contributed by atoms with Crippen LogP contribution < -0.4 is 10.2 Å². The number of hydrogen-bond donors (Lipinski definition) is 1. The summed E-state index contributed by atoms with van der Waals surface area (Å²) in [6.07, 6.45) is 6.37. The Morgan fingerprint density at radius 2 is 1.97 bits per heavy atom. The fourth-order valence-corrected chi connectivity index (χ4v) is 4.50. The Labute approximate surface area is 167 Å². The predicted molar refractivity (Wildman–Crippen MR) is 102 cm³/mol. The number of hydrogen-bond acceptors (Lipinski definition) is 4. The zero-order valence-corrected chi connectivity index (χ0v) is 16.1.